The van der Waals surface area contributed by atoms with Crippen LogP contribution in [0.4, 0.5) is 24.5 Å². The van der Waals surface area contributed by atoms with Crippen LogP contribution in [0.5, 0.6) is 0 Å². The molecule has 0 radical (unpaired) electrons. The summed E-state index contributed by atoms with van der Waals surface area (Å²) in [6.45, 7) is 2.12. The van der Waals surface area contributed by atoms with E-state index in [1.165, 1.54) is 12.1 Å². The van der Waals surface area contributed by atoms with Gasteiger partial charge in [0.1, 0.15) is 0 Å². The molecule has 0 heterocycles. The van der Waals surface area contributed by atoms with Gasteiger partial charge >= 0.3 is 6.18 Å². The van der Waals surface area contributed by atoms with Crippen molar-refractivity contribution in [3.05, 3.63) is 23.8 Å². The molecule has 0 saturated heterocycles. The van der Waals surface area contributed by atoms with Gasteiger partial charge in [-0.05, 0) is 24.6 Å². The quantitative estimate of drug-likeness (QED) is 0.821. The van der Waals surface area contributed by atoms with Crippen molar-refractivity contribution >= 4 is 22.2 Å². The van der Waals surface area contributed by atoms with Crippen molar-refractivity contribution in [2.75, 3.05) is 23.9 Å². The number of nitrogen functional groups attached to an aromatic ring is 1. The second-order valence-corrected chi connectivity index (χ2v) is 6.13. The molecule has 0 aromatic heterocycles. The Kier molecular flexibility index (Phi) is 5.22. The van der Waals surface area contributed by atoms with E-state index < -0.39 is 22.5 Å². The van der Waals surface area contributed by atoms with E-state index in [0.29, 0.717) is 13.0 Å². The summed E-state index contributed by atoms with van der Waals surface area (Å²) in [6, 6.07) is 3.63. The average molecular weight is 294 g/mol. The van der Waals surface area contributed by atoms with Crippen molar-refractivity contribution in [3.63, 3.8) is 0 Å². The molecule has 7 heteroatoms. The summed E-state index contributed by atoms with van der Waals surface area (Å²) < 4.78 is 49.5. The third kappa shape index (κ3) is 4.74. The largest absolute Gasteiger partial charge is 0.418 e. The predicted molar refractivity (Wildman–Crippen MR) is 72.5 cm³/mol. The van der Waals surface area contributed by atoms with E-state index in [0.717, 1.165) is 6.07 Å². The van der Waals surface area contributed by atoms with Gasteiger partial charge in [-0.25, -0.2) is 0 Å². The van der Waals surface area contributed by atoms with E-state index in [-0.39, 0.29) is 16.6 Å². The van der Waals surface area contributed by atoms with Crippen LogP contribution in [0.2, 0.25) is 0 Å². The maximum Gasteiger partial charge on any atom is 0.418 e. The predicted octanol–water partition coefficient (Wildman–Crippen LogP) is 2.86. The molecule has 108 valence electrons. The molecule has 0 bridgehead atoms. The van der Waals surface area contributed by atoms with E-state index >= 15 is 0 Å². The number of rotatable bonds is 5. The van der Waals surface area contributed by atoms with Gasteiger partial charge in [-0.3, -0.25) is 4.21 Å². The van der Waals surface area contributed by atoms with Gasteiger partial charge in [0.25, 0.3) is 0 Å². The second-order valence-electron chi connectivity index (χ2n) is 4.33. The first-order valence-corrected chi connectivity index (χ1v) is 7.36. The van der Waals surface area contributed by atoms with Crippen molar-refractivity contribution < 1.29 is 17.4 Å². The van der Waals surface area contributed by atoms with E-state index in [1.807, 2.05) is 0 Å². The number of alkyl halides is 3. The molecule has 1 rings (SSSR count). The minimum atomic E-state index is -4.45. The van der Waals surface area contributed by atoms with Crippen LogP contribution in [0.3, 0.4) is 0 Å². The van der Waals surface area contributed by atoms with Gasteiger partial charge < -0.3 is 11.1 Å². The van der Waals surface area contributed by atoms with Crippen LogP contribution in [0, 0.1) is 0 Å². The first-order chi connectivity index (χ1) is 8.71. The number of hydrogen-bond acceptors (Lipinski definition) is 3. The molecular weight excluding hydrogens is 277 g/mol. The SMILES string of the molecule is CC(CCNc1ccc(N)cc1C(F)(F)F)S(C)=O. The number of hydrogen-bond donors (Lipinski definition) is 2. The molecule has 0 amide bonds. The van der Waals surface area contributed by atoms with E-state index in [1.54, 1.807) is 13.2 Å². The highest BCUT2D eigenvalue weighted by Gasteiger charge is 2.33. The monoisotopic (exact) mass is 294 g/mol. The summed E-state index contributed by atoms with van der Waals surface area (Å²) in [6.07, 6.45) is -2.34. The van der Waals surface area contributed by atoms with Crippen molar-refractivity contribution in [3.8, 4) is 0 Å². The fraction of sp³-hybridized carbons (Fsp3) is 0.500. The van der Waals surface area contributed by atoms with Crippen molar-refractivity contribution in [2.45, 2.75) is 24.8 Å². The molecule has 0 aliphatic heterocycles. The average Bonchev–Trinajstić information content (AvgIpc) is 2.29. The minimum Gasteiger partial charge on any atom is -0.399 e. The van der Waals surface area contributed by atoms with Gasteiger partial charge in [0.05, 0.1) is 5.56 Å². The van der Waals surface area contributed by atoms with Gasteiger partial charge in [-0.15, -0.1) is 0 Å². The molecule has 3 nitrogen and oxygen atoms in total. The Bertz CT molecular complexity index is 463. The summed E-state index contributed by atoms with van der Waals surface area (Å²) in [7, 11) is -0.977. The highest BCUT2D eigenvalue weighted by molar-refractivity contribution is 7.84. The van der Waals surface area contributed by atoms with E-state index in [9.17, 15) is 17.4 Å². The van der Waals surface area contributed by atoms with Gasteiger partial charge in [0, 0.05) is 40.2 Å². The maximum atomic E-state index is 12.8. The molecule has 1 aromatic rings. The van der Waals surface area contributed by atoms with Crippen LogP contribution in [0.1, 0.15) is 18.9 Å². The zero-order chi connectivity index (χ0) is 14.6. The van der Waals surface area contributed by atoms with Gasteiger partial charge in [0.15, 0.2) is 0 Å². The lowest BCUT2D eigenvalue weighted by atomic mass is 10.1. The Morgan fingerprint density at radius 1 is 1.42 bits per heavy atom. The van der Waals surface area contributed by atoms with Crippen LogP contribution in [0.15, 0.2) is 18.2 Å². The molecule has 0 fully saturated rings. The topological polar surface area (TPSA) is 55.1 Å². The number of benzene rings is 1. The lowest BCUT2D eigenvalue weighted by Crippen LogP contribution is -2.17. The van der Waals surface area contributed by atoms with Crippen molar-refractivity contribution in [2.24, 2.45) is 0 Å². The van der Waals surface area contributed by atoms with Gasteiger partial charge in [-0.2, -0.15) is 13.2 Å². The minimum absolute atomic E-state index is 0.00390. The molecular formula is C12H17F3N2OS. The summed E-state index contributed by atoms with van der Waals surface area (Å²) in [5.41, 5.74) is 4.66. The van der Waals surface area contributed by atoms with Gasteiger partial charge in [-0.1, -0.05) is 6.92 Å². The van der Waals surface area contributed by atoms with Crippen molar-refractivity contribution in [1.82, 2.24) is 0 Å². The van der Waals surface area contributed by atoms with Crippen LogP contribution < -0.4 is 11.1 Å². The first-order valence-electron chi connectivity index (χ1n) is 5.74. The van der Waals surface area contributed by atoms with Crippen LogP contribution in [-0.2, 0) is 17.0 Å². The van der Waals surface area contributed by atoms with Crippen molar-refractivity contribution in [1.29, 1.82) is 0 Å². The number of nitrogens with one attached hydrogen (secondary N) is 1. The molecule has 0 aliphatic rings. The molecule has 0 aliphatic carbocycles. The Labute approximate surface area is 112 Å². The van der Waals surface area contributed by atoms with E-state index in [4.69, 9.17) is 5.73 Å². The van der Waals surface area contributed by atoms with Gasteiger partial charge in [0.2, 0.25) is 0 Å². The standard InChI is InChI=1S/C12H17F3N2OS/c1-8(19(2)18)5-6-17-11-4-3-9(16)7-10(11)12(13,14)15/h3-4,7-8,17H,5-6,16H2,1-2H3. The van der Waals surface area contributed by atoms with E-state index in [2.05, 4.69) is 5.32 Å². The normalized spacial score (nSPS) is 15.0. The van der Waals surface area contributed by atoms with Crippen LogP contribution in [-0.4, -0.2) is 22.3 Å². The molecule has 0 saturated carbocycles. The highest BCUT2D eigenvalue weighted by atomic mass is 32.2. The summed E-state index contributed by atoms with van der Waals surface area (Å²) >= 11 is 0. The third-order valence-electron chi connectivity index (χ3n) is 2.78. The number of halogens is 3. The molecule has 19 heavy (non-hydrogen) atoms. The second kappa shape index (κ2) is 6.27. The first kappa shape index (κ1) is 15.8. The Morgan fingerprint density at radius 2 is 2.05 bits per heavy atom. The third-order valence-corrected chi connectivity index (χ3v) is 4.15. The molecule has 0 spiro atoms. The zero-order valence-electron chi connectivity index (χ0n) is 10.8. The fourth-order valence-corrected chi connectivity index (χ4v) is 1.98. The molecule has 1 aromatic carbocycles. The number of nitrogens with two attached hydrogens (primary N) is 1. The molecule has 2 unspecified atom stereocenters. The zero-order valence-corrected chi connectivity index (χ0v) is 11.6. The molecule has 3 N–H and O–H groups in total. The number of anilines is 2. The Morgan fingerprint density at radius 3 is 2.58 bits per heavy atom. The lowest BCUT2D eigenvalue weighted by molar-refractivity contribution is -0.136. The van der Waals surface area contributed by atoms with Crippen LogP contribution in [0.25, 0.3) is 0 Å². The summed E-state index contributed by atoms with van der Waals surface area (Å²) in [4.78, 5) is 0. The smallest absolute Gasteiger partial charge is 0.399 e. The summed E-state index contributed by atoms with van der Waals surface area (Å²) in [5, 5.41) is 2.66. The Balaban J connectivity index is 2.76. The summed E-state index contributed by atoms with van der Waals surface area (Å²) in [5.74, 6) is 0. The highest BCUT2D eigenvalue weighted by Crippen LogP contribution is 2.36. The fourth-order valence-electron chi connectivity index (χ4n) is 1.53. The molecule has 2 atom stereocenters. The maximum absolute atomic E-state index is 12.8. The van der Waals surface area contributed by atoms with Crippen LogP contribution >= 0.6 is 0 Å². The Hall–Kier alpha value is -1.24. The lowest BCUT2D eigenvalue weighted by Gasteiger charge is -2.16.